The maximum atomic E-state index is 11.5. The van der Waals surface area contributed by atoms with Crippen molar-refractivity contribution in [1.29, 1.82) is 0 Å². The molecule has 0 aliphatic carbocycles. The van der Waals surface area contributed by atoms with Crippen molar-refractivity contribution in [2.75, 3.05) is 7.11 Å². The third kappa shape index (κ3) is 1.50. The highest BCUT2D eigenvalue weighted by molar-refractivity contribution is 6.28. The quantitative estimate of drug-likeness (QED) is 0.578. The van der Waals surface area contributed by atoms with Crippen LogP contribution in [0.1, 0.15) is 0 Å². The Kier molecular flexibility index (Phi) is 2.24. The van der Waals surface area contributed by atoms with Gasteiger partial charge in [0.1, 0.15) is 11.3 Å². The number of benzene rings is 1. The summed E-state index contributed by atoms with van der Waals surface area (Å²) in [6, 6.07) is 4.70. The Labute approximate surface area is 89.5 Å². The fourth-order valence-electron chi connectivity index (χ4n) is 1.29. The molecular weight excluding hydrogens is 220 g/mol. The molecule has 0 atom stereocenters. The second-order valence-electron chi connectivity index (χ2n) is 2.92. The first kappa shape index (κ1) is 9.79. The Hall–Kier alpha value is -1.75. The zero-order chi connectivity index (χ0) is 11.0. The van der Waals surface area contributed by atoms with Crippen LogP contribution < -0.4 is 15.0 Å². The third-order valence-corrected chi connectivity index (χ3v) is 2.36. The Bertz CT molecular complexity index is 579. The maximum absolute atomic E-state index is 11.5. The van der Waals surface area contributed by atoms with Gasteiger partial charge >= 0.3 is 10.7 Å². The van der Waals surface area contributed by atoms with Crippen molar-refractivity contribution < 1.29 is 9.47 Å². The molecule has 0 amide bonds. The minimum atomic E-state index is -0.618. The van der Waals surface area contributed by atoms with Crippen molar-refractivity contribution in [2.45, 2.75) is 0 Å². The van der Waals surface area contributed by atoms with E-state index in [1.54, 1.807) is 12.1 Å². The monoisotopic (exact) mass is 226 g/mol. The van der Waals surface area contributed by atoms with Gasteiger partial charge in [0.2, 0.25) is 5.52 Å². The van der Waals surface area contributed by atoms with Gasteiger partial charge in [-0.25, -0.2) is 0 Å². The van der Waals surface area contributed by atoms with Crippen molar-refractivity contribution in [3.63, 3.8) is 0 Å². The van der Waals surface area contributed by atoms with E-state index in [9.17, 15) is 10.0 Å². The molecule has 0 saturated heterocycles. The molecule has 0 fully saturated rings. The summed E-state index contributed by atoms with van der Waals surface area (Å²) in [6.07, 6.45) is 0. The molecule has 1 heterocycles. The topological polar surface area (TPSA) is 69.0 Å². The molecule has 1 N–H and O–H groups in total. The van der Waals surface area contributed by atoms with Gasteiger partial charge in [-0.2, -0.15) is 0 Å². The normalized spacial score (nSPS) is 10.5. The van der Waals surface area contributed by atoms with Crippen molar-refractivity contribution in [3.8, 4) is 5.75 Å². The van der Waals surface area contributed by atoms with E-state index in [4.69, 9.17) is 16.3 Å². The molecule has 0 saturated carbocycles. The maximum Gasteiger partial charge on any atom is 0.352 e. The second kappa shape index (κ2) is 3.43. The number of halogens is 1. The summed E-state index contributed by atoms with van der Waals surface area (Å²) < 4.78 is 5.35. The van der Waals surface area contributed by atoms with Crippen molar-refractivity contribution in [3.05, 3.63) is 38.9 Å². The average molecular weight is 227 g/mol. The highest BCUT2D eigenvalue weighted by Crippen LogP contribution is 2.15. The lowest BCUT2D eigenvalue weighted by Crippen LogP contribution is -2.35. The Balaban J connectivity index is 2.86. The standard InChI is InChI=1S/C9H7ClN2O3/c1-15-5-2-3-7-6(4-5)11-9(13)8(10)12(7)14/h2-4H,1H3,(H,11,13). The smallest absolute Gasteiger partial charge is 0.352 e. The van der Waals surface area contributed by atoms with Crippen LogP contribution in [-0.4, -0.2) is 12.1 Å². The molecular formula is C9H7ClN2O3. The first-order chi connectivity index (χ1) is 7.13. The highest BCUT2D eigenvalue weighted by Gasteiger charge is 2.13. The molecule has 0 radical (unpaired) electrons. The molecule has 2 rings (SSSR count). The minimum Gasteiger partial charge on any atom is -0.617 e. The minimum absolute atomic E-state index is 0.292. The van der Waals surface area contributed by atoms with Crippen molar-refractivity contribution in [2.24, 2.45) is 0 Å². The molecule has 5 nitrogen and oxygen atoms in total. The van der Waals surface area contributed by atoms with Crippen molar-refractivity contribution in [1.82, 2.24) is 4.98 Å². The van der Waals surface area contributed by atoms with E-state index in [0.29, 0.717) is 21.5 Å². The van der Waals surface area contributed by atoms with E-state index in [2.05, 4.69) is 4.98 Å². The van der Waals surface area contributed by atoms with Crippen LogP contribution in [0.3, 0.4) is 0 Å². The molecule has 0 aliphatic rings. The number of ether oxygens (including phenoxy) is 1. The van der Waals surface area contributed by atoms with Crippen LogP contribution >= 0.6 is 11.6 Å². The van der Waals surface area contributed by atoms with Crippen LogP contribution in [0.15, 0.2) is 23.0 Å². The van der Waals surface area contributed by atoms with E-state index in [0.717, 1.165) is 0 Å². The Morgan fingerprint density at radius 2 is 2.27 bits per heavy atom. The number of rotatable bonds is 1. The summed E-state index contributed by atoms with van der Waals surface area (Å²) in [5.41, 5.74) is 0.0616. The van der Waals surface area contributed by atoms with Crippen LogP contribution in [0.5, 0.6) is 5.75 Å². The summed E-state index contributed by atoms with van der Waals surface area (Å²) in [4.78, 5) is 13.7. The van der Waals surface area contributed by atoms with Crippen LogP contribution in [0, 0.1) is 5.21 Å². The van der Waals surface area contributed by atoms with Gasteiger partial charge in [0, 0.05) is 12.1 Å². The molecule has 0 unspecified atom stereocenters. The molecule has 1 aromatic heterocycles. The SMILES string of the molecule is COc1ccc2c(c1)[nH]c(=O)c(Cl)[n+]2[O-]. The average Bonchev–Trinajstić information content (AvgIpc) is 2.25. The number of H-pyrrole nitrogens is 1. The predicted octanol–water partition coefficient (Wildman–Crippen LogP) is 0.823. The number of hydrogen-bond acceptors (Lipinski definition) is 3. The predicted molar refractivity (Wildman–Crippen MR) is 55.1 cm³/mol. The summed E-state index contributed by atoms with van der Waals surface area (Å²) in [6.45, 7) is 0. The van der Waals surface area contributed by atoms with Crippen molar-refractivity contribution >= 4 is 22.6 Å². The number of fused-ring (bicyclic) bond motifs is 1. The number of aromatic amines is 1. The first-order valence-corrected chi connectivity index (χ1v) is 4.50. The zero-order valence-electron chi connectivity index (χ0n) is 7.78. The number of methoxy groups -OCH3 is 1. The second-order valence-corrected chi connectivity index (χ2v) is 3.28. The number of aromatic nitrogens is 2. The van der Waals surface area contributed by atoms with E-state index >= 15 is 0 Å². The van der Waals surface area contributed by atoms with E-state index < -0.39 is 10.7 Å². The molecule has 0 bridgehead atoms. The molecule has 6 heteroatoms. The van der Waals surface area contributed by atoms with Crippen LogP contribution in [-0.2, 0) is 0 Å². The molecule has 78 valence electrons. The summed E-state index contributed by atoms with van der Waals surface area (Å²) in [5.74, 6) is 0.556. The van der Waals surface area contributed by atoms with Gasteiger partial charge in [-0.05, 0) is 17.7 Å². The molecule has 1 aromatic carbocycles. The Morgan fingerprint density at radius 1 is 1.53 bits per heavy atom. The van der Waals surface area contributed by atoms with E-state index in [-0.39, 0.29) is 0 Å². The van der Waals surface area contributed by atoms with E-state index in [1.807, 2.05) is 0 Å². The van der Waals surface area contributed by atoms with Crippen LogP contribution in [0.4, 0.5) is 0 Å². The fraction of sp³-hybridized carbons (Fsp3) is 0.111. The third-order valence-electron chi connectivity index (χ3n) is 2.04. The molecule has 0 aliphatic heterocycles. The van der Waals surface area contributed by atoms with Gasteiger partial charge in [0.05, 0.1) is 7.11 Å². The van der Waals surface area contributed by atoms with Gasteiger partial charge in [0.15, 0.2) is 0 Å². The van der Waals surface area contributed by atoms with Gasteiger partial charge in [-0.15, -0.1) is 4.73 Å². The lowest BCUT2D eigenvalue weighted by atomic mass is 10.3. The largest absolute Gasteiger partial charge is 0.617 e. The van der Waals surface area contributed by atoms with Crippen LogP contribution in [0.2, 0.25) is 5.15 Å². The Morgan fingerprint density at radius 3 is 2.93 bits per heavy atom. The number of hydrogen-bond donors (Lipinski definition) is 1. The van der Waals surface area contributed by atoms with Crippen LogP contribution in [0.25, 0.3) is 11.0 Å². The first-order valence-electron chi connectivity index (χ1n) is 4.12. The summed E-state index contributed by atoms with van der Waals surface area (Å²) in [5, 5.41) is 11.1. The number of nitrogens with one attached hydrogen (secondary N) is 1. The zero-order valence-corrected chi connectivity index (χ0v) is 8.54. The molecule has 0 spiro atoms. The number of nitrogens with zero attached hydrogens (tertiary/aromatic N) is 1. The lowest BCUT2D eigenvalue weighted by molar-refractivity contribution is -0.575. The lowest BCUT2D eigenvalue weighted by Gasteiger charge is -2.04. The van der Waals surface area contributed by atoms with E-state index in [1.165, 1.54) is 13.2 Å². The molecule has 15 heavy (non-hydrogen) atoms. The van der Waals surface area contributed by atoms with Gasteiger partial charge in [-0.1, -0.05) is 0 Å². The van der Waals surface area contributed by atoms with Gasteiger partial charge in [0.25, 0.3) is 0 Å². The van der Waals surface area contributed by atoms with Gasteiger partial charge < -0.3 is 14.9 Å². The summed E-state index contributed by atoms with van der Waals surface area (Å²) >= 11 is 5.51. The highest BCUT2D eigenvalue weighted by atomic mass is 35.5. The summed E-state index contributed by atoms with van der Waals surface area (Å²) in [7, 11) is 1.50. The molecule has 2 aromatic rings. The van der Waals surface area contributed by atoms with Gasteiger partial charge in [-0.3, -0.25) is 4.79 Å². The fourth-order valence-corrected chi connectivity index (χ4v) is 1.43.